The van der Waals surface area contributed by atoms with Crippen LogP contribution in [0.5, 0.6) is 5.75 Å². The molecule has 196 valence electrons. The van der Waals surface area contributed by atoms with Crippen molar-refractivity contribution in [1.82, 2.24) is 9.55 Å². The maximum Gasteiger partial charge on any atom is 0.469 e. The monoisotopic (exact) mass is 528 g/mol. The van der Waals surface area contributed by atoms with E-state index in [1.165, 1.54) is 10.8 Å². The minimum atomic E-state index is -4.71. The Bertz CT molecular complexity index is 1320. The van der Waals surface area contributed by atoms with Crippen LogP contribution >= 0.6 is 7.82 Å². The Kier molecular flexibility index (Phi) is 8.47. The molecule has 3 aromatic rings. The second-order valence-corrected chi connectivity index (χ2v) is 10.00. The fourth-order valence-electron chi connectivity index (χ4n) is 3.94. The Balaban J connectivity index is 1.51. The van der Waals surface area contributed by atoms with E-state index in [1.807, 2.05) is 49.4 Å². The summed E-state index contributed by atoms with van der Waals surface area (Å²) in [6.45, 7) is 3.73. The van der Waals surface area contributed by atoms with Crippen molar-refractivity contribution in [3.8, 4) is 28.7 Å². The zero-order valence-electron chi connectivity index (χ0n) is 20.4. The topological polar surface area (TPSA) is 144 Å². The van der Waals surface area contributed by atoms with Gasteiger partial charge in [-0.05, 0) is 54.8 Å². The van der Waals surface area contributed by atoms with Crippen molar-refractivity contribution >= 4 is 7.82 Å². The summed E-state index contributed by atoms with van der Waals surface area (Å²) in [4.78, 5) is 22.3. The first kappa shape index (κ1) is 27.0. The Morgan fingerprint density at radius 2 is 1.92 bits per heavy atom. The molecule has 0 bridgehead atoms. The van der Waals surface area contributed by atoms with Gasteiger partial charge in [-0.15, -0.1) is 0 Å². The number of ether oxygens (including phenoxy) is 2. The van der Waals surface area contributed by atoms with E-state index in [4.69, 9.17) is 19.3 Å². The highest BCUT2D eigenvalue weighted by atomic mass is 31.2. The van der Waals surface area contributed by atoms with E-state index in [-0.39, 0.29) is 19.3 Å². The molecule has 0 spiro atoms. The molecule has 1 fully saturated rings. The third kappa shape index (κ3) is 7.06. The van der Waals surface area contributed by atoms with Crippen molar-refractivity contribution in [3.63, 3.8) is 0 Å². The van der Waals surface area contributed by atoms with Crippen LogP contribution in [0.1, 0.15) is 36.0 Å². The van der Waals surface area contributed by atoms with Gasteiger partial charge in [-0.25, -0.2) is 9.55 Å². The first-order valence-electron chi connectivity index (χ1n) is 11.7. The number of benzene rings is 2. The summed E-state index contributed by atoms with van der Waals surface area (Å²) >= 11 is 0. The van der Waals surface area contributed by atoms with Gasteiger partial charge in [-0.2, -0.15) is 0 Å². The van der Waals surface area contributed by atoms with Gasteiger partial charge in [0.25, 0.3) is 0 Å². The lowest BCUT2D eigenvalue weighted by Crippen LogP contribution is -2.29. The van der Waals surface area contributed by atoms with Gasteiger partial charge in [0.2, 0.25) is 0 Å². The van der Waals surface area contributed by atoms with E-state index in [1.54, 1.807) is 13.1 Å². The van der Waals surface area contributed by atoms with Gasteiger partial charge in [0, 0.05) is 18.0 Å². The van der Waals surface area contributed by atoms with Crippen LogP contribution in [0.2, 0.25) is 0 Å². The highest BCUT2D eigenvalue weighted by Crippen LogP contribution is 2.37. The number of rotatable bonds is 8. The molecule has 2 heterocycles. The lowest BCUT2D eigenvalue weighted by Gasteiger charge is -2.17. The standard InChI is InChI=1S/C26H29N2O8P/c1-17-13-21(8-10-24(17)36-25-16-34-15-23(25)30)20-6-3-19(4-7-20)5-9-22(14-35-37(31,32)33)28-12-11-27-26(28)18(2)29/h3-4,6-8,10-13,18,22-23,25,29-30H,14-16H2,1-2H3,(H2,31,32,33)/t18-,22-,23+,25+/m0/s1. The molecular formula is C26H29N2O8P. The number of hydrogen-bond donors (Lipinski definition) is 4. The van der Waals surface area contributed by atoms with E-state index in [2.05, 4.69) is 21.3 Å². The zero-order chi connectivity index (χ0) is 26.6. The largest absolute Gasteiger partial charge is 0.485 e. The van der Waals surface area contributed by atoms with E-state index in [9.17, 15) is 14.8 Å². The van der Waals surface area contributed by atoms with Gasteiger partial charge in [0.05, 0.1) is 19.8 Å². The molecule has 1 aromatic heterocycles. The van der Waals surface area contributed by atoms with Gasteiger partial charge in [-0.3, -0.25) is 4.52 Å². The molecular weight excluding hydrogens is 499 g/mol. The number of aryl methyl sites for hydroxylation is 1. The number of nitrogens with zero attached hydrogens (tertiary/aromatic N) is 2. The van der Waals surface area contributed by atoms with Gasteiger partial charge in [0.1, 0.15) is 35.9 Å². The number of hydrogen-bond acceptors (Lipinski definition) is 7. The third-order valence-electron chi connectivity index (χ3n) is 5.86. The zero-order valence-corrected chi connectivity index (χ0v) is 21.3. The van der Waals surface area contributed by atoms with Crippen LogP contribution in [0, 0.1) is 18.8 Å². The number of aliphatic hydroxyl groups excluding tert-OH is 2. The first-order chi connectivity index (χ1) is 17.6. The highest BCUT2D eigenvalue weighted by molar-refractivity contribution is 7.46. The summed E-state index contributed by atoms with van der Waals surface area (Å²) < 4.78 is 28.6. The Morgan fingerprint density at radius 3 is 2.54 bits per heavy atom. The van der Waals surface area contributed by atoms with E-state index in [0.29, 0.717) is 23.7 Å². The summed E-state index contributed by atoms with van der Waals surface area (Å²) in [5.41, 5.74) is 3.58. The SMILES string of the molecule is Cc1cc(-c2ccc(C#C[C@@H](COP(=O)(O)O)n3ccnc3[C@H](C)O)cc2)ccc1O[C@@H]1COC[C@H]1O. The highest BCUT2D eigenvalue weighted by Gasteiger charge is 2.28. The molecule has 1 aliphatic rings. The second kappa shape index (κ2) is 11.6. The summed E-state index contributed by atoms with van der Waals surface area (Å²) in [5, 5.41) is 19.9. The molecule has 2 aromatic carbocycles. The maximum absolute atomic E-state index is 11.2. The molecule has 4 atom stereocenters. The molecule has 0 amide bonds. The fraction of sp³-hybridized carbons (Fsp3) is 0.346. The molecule has 1 saturated heterocycles. The number of aliphatic hydroxyl groups is 2. The molecule has 1 aliphatic heterocycles. The summed E-state index contributed by atoms with van der Waals surface area (Å²) in [7, 11) is -4.71. The Hall–Kier alpha value is -3.00. The quantitative estimate of drug-likeness (QED) is 0.256. The summed E-state index contributed by atoms with van der Waals surface area (Å²) in [6, 6.07) is 12.6. The Morgan fingerprint density at radius 1 is 1.19 bits per heavy atom. The molecule has 4 rings (SSSR count). The van der Waals surface area contributed by atoms with Crippen LogP contribution < -0.4 is 4.74 Å². The van der Waals surface area contributed by atoms with E-state index < -0.39 is 26.1 Å². The van der Waals surface area contributed by atoms with Gasteiger partial charge >= 0.3 is 7.82 Å². The Labute approximate surface area is 214 Å². The molecule has 4 N–H and O–H groups in total. The summed E-state index contributed by atoms with van der Waals surface area (Å²) in [6.07, 6.45) is 1.14. The predicted molar refractivity (Wildman–Crippen MR) is 135 cm³/mol. The number of imidazole rings is 1. The van der Waals surface area contributed by atoms with Crippen LogP contribution in [-0.2, 0) is 13.8 Å². The van der Waals surface area contributed by atoms with Gasteiger partial charge in [0.15, 0.2) is 0 Å². The van der Waals surface area contributed by atoms with Crippen molar-refractivity contribution < 1.29 is 38.6 Å². The minimum Gasteiger partial charge on any atom is -0.485 e. The smallest absolute Gasteiger partial charge is 0.469 e. The number of phosphoric ester groups is 1. The van der Waals surface area contributed by atoms with Gasteiger partial charge < -0.3 is 34.0 Å². The fourth-order valence-corrected chi connectivity index (χ4v) is 4.28. The molecule has 0 saturated carbocycles. The van der Waals surface area contributed by atoms with Crippen molar-refractivity contribution in [1.29, 1.82) is 0 Å². The van der Waals surface area contributed by atoms with E-state index in [0.717, 1.165) is 16.7 Å². The van der Waals surface area contributed by atoms with Crippen LogP contribution in [0.4, 0.5) is 0 Å². The minimum absolute atomic E-state index is 0.276. The van der Waals surface area contributed by atoms with Crippen molar-refractivity contribution in [2.75, 3.05) is 19.8 Å². The summed E-state index contributed by atoms with van der Waals surface area (Å²) in [5.74, 6) is 6.98. The van der Waals surface area contributed by atoms with Crippen LogP contribution in [0.25, 0.3) is 11.1 Å². The lowest BCUT2D eigenvalue weighted by molar-refractivity contribution is 0.0729. The molecule has 10 nitrogen and oxygen atoms in total. The van der Waals surface area contributed by atoms with Crippen molar-refractivity contribution in [2.45, 2.75) is 38.2 Å². The number of aromatic nitrogens is 2. The van der Waals surface area contributed by atoms with Crippen LogP contribution in [0.3, 0.4) is 0 Å². The van der Waals surface area contributed by atoms with Crippen molar-refractivity contribution in [2.24, 2.45) is 0 Å². The average Bonchev–Trinajstić information content (AvgIpc) is 3.49. The maximum atomic E-state index is 11.2. The average molecular weight is 528 g/mol. The predicted octanol–water partition coefficient (Wildman–Crippen LogP) is 2.75. The molecule has 0 unspecified atom stereocenters. The molecule has 0 radical (unpaired) electrons. The third-order valence-corrected chi connectivity index (χ3v) is 6.35. The molecule has 0 aliphatic carbocycles. The first-order valence-corrected chi connectivity index (χ1v) is 13.2. The normalized spacial score (nSPS) is 19.2. The van der Waals surface area contributed by atoms with Crippen molar-refractivity contribution in [3.05, 3.63) is 71.8 Å². The van der Waals surface area contributed by atoms with Crippen LogP contribution in [-0.4, -0.2) is 61.6 Å². The van der Waals surface area contributed by atoms with E-state index >= 15 is 0 Å². The molecule has 37 heavy (non-hydrogen) atoms. The lowest BCUT2D eigenvalue weighted by atomic mass is 10.0. The van der Waals surface area contributed by atoms with Crippen LogP contribution in [0.15, 0.2) is 54.9 Å². The second-order valence-electron chi connectivity index (χ2n) is 8.76. The number of phosphoric acid groups is 1. The van der Waals surface area contributed by atoms with Gasteiger partial charge in [-0.1, -0.05) is 30.0 Å². The molecule has 11 heteroatoms.